The van der Waals surface area contributed by atoms with Gasteiger partial charge in [0.2, 0.25) is 5.01 Å². The number of hydrogen-bond donors (Lipinski definition) is 2. The lowest BCUT2D eigenvalue weighted by molar-refractivity contribution is 0.0948. The zero-order chi connectivity index (χ0) is 23.0. The van der Waals surface area contributed by atoms with Crippen molar-refractivity contribution in [3.05, 3.63) is 69.7 Å². The number of anilines is 1. The summed E-state index contributed by atoms with van der Waals surface area (Å²) in [5, 5.41) is 14.6. The molecule has 172 valence electrons. The minimum absolute atomic E-state index is 0.156. The van der Waals surface area contributed by atoms with Crippen LogP contribution in [-0.4, -0.2) is 53.1 Å². The molecule has 0 aliphatic carbocycles. The maximum Gasteiger partial charge on any atom is 0.286 e. The predicted molar refractivity (Wildman–Crippen MR) is 128 cm³/mol. The van der Waals surface area contributed by atoms with Gasteiger partial charge < -0.3 is 20.3 Å². The molecule has 0 radical (unpaired) electrons. The third-order valence-corrected chi connectivity index (χ3v) is 6.30. The summed E-state index contributed by atoms with van der Waals surface area (Å²) in [7, 11) is 0. The van der Waals surface area contributed by atoms with Crippen LogP contribution in [0.1, 0.15) is 43.6 Å². The molecule has 1 aromatic heterocycles. The molecule has 0 bridgehead atoms. The van der Waals surface area contributed by atoms with Crippen LogP contribution < -0.4 is 15.4 Å². The van der Waals surface area contributed by atoms with Gasteiger partial charge in [-0.3, -0.25) is 9.59 Å². The van der Waals surface area contributed by atoms with E-state index < -0.39 is 0 Å². The molecular weight excluding hydrogens is 438 g/mol. The van der Waals surface area contributed by atoms with Gasteiger partial charge in [-0.2, -0.15) is 0 Å². The van der Waals surface area contributed by atoms with Crippen LogP contribution >= 0.6 is 11.3 Å². The average Bonchev–Trinajstić information content (AvgIpc) is 3.51. The van der Waals surface area contributed by atoms with Gasteiger partial charge in [-0.15, -0.1) is 10.2 Å². The number of aryl methyl sites for hydroxylation is 1. The molecule has 4 rings (SSSR count). The van der Waals surface area contributed by atoms with Crippen LogP contribution in [0.25, 0.3) is 0 Å². The number of likely N-dealkylation sites (tertiary alicyclic amines) is 1. The second kappa shape index (κ2) is 11.0. The fourth-order valence-electron chi connectivity index (χ4n) is 3.62. The van der Waals surface area contributed by atoms with Gasteiger partial charge in [-0.1, -0.05) is 35.6 Å². The third kappa shape index (κ3) is 6.36. The number of benzene rings is 2. The standard InChI is InChI=1S/C24H27N5O3S/c1-17-7-2-3-10-20(17)32-16-21-27-28-24(33-21)23(31)26-19-9-6-8-18(15-19)22(30)25-11-14-29-12-4-5-13-29/h2-3,6-10,15H,4-5,11-14,16H2,1H3,(H,25,30)(H,26,31). The van der Waals surface area contributed by atoms with Crippen molar-refractivity contribution in [2.24, 2.45) is 0 Å². The number of nitrogens with zero attached hydrogens (tertiary/aromatic N) is 3. The van der Waals surface area contributed by atoms with Gasteiger partial charge >= 0.3 is 0 Å². The fraction of sp³-hybridized carbons (Fsp3) is 0.333. The Balaban J connectivity index is 1.29. The number of hydrogen-bond acceptors (Lipinski definition) is 7. The smallest absolute Gasteiger partial charge is 0.286 e. The highest BCUT2D eigenvalue weighted by Crippen LogP contribution is 2.20. The Labute approximate surface area is 197 Å². The lowest BCUT2D eigenvalue weighted by Crippen LogP contribution is -2.33. The van der Waals surface area contributed by atoms with Gasteiger partial charge in [0.15, 0.2) is 5.01 Å². The average molecular weight is 466 g/mol. The molecule has 2 aromatic carbocycles. The third-order valence-electron chi connectivity index (χ3n) is 5.40. The number of ether oxygens (including phenoxy) is 1. The number of para-hydroxylation sites is 1. The second-order valence-corrected chi connectivity index (χ2v) is 8.96. The van der Waals surface area contributed by atoms with Crippen LogP contribution in [0.2, 0.25) is 0 Å². The molecule has 1 aliphatic heterocycles. The number of nitrogens with one attached hydrogen (secondary N) is 2. The molecule has 2 amide bonds. The number of carbonyl (C=O) groups excluding carboxylic acids is 2. The highest BCUT2D eigenvalue weighted by atomic mass is 32.1. The van der Waals surface area contributed by atoms with E-state index in [9.17, 15) is 9.59 Å². The van der Waals surface area contributed by atoms with E-state index in [1.54, 1.807) is 24.3 Å². The summed E-state index contributed by atoms with van der Waals surface area (Å²) < 4.78 is 5.77. The van der Waals surface area contributed by atoms with Crippen molar-refractivity contribution < 1.29 is 14.3 Å². The Kier molecular flexibility index (Phi) is 7.64. The van der Waals surface area contributed by atoms with Crippen LogP contribution in [0.4, 0.5) is 5.69 Å². The Hall–Kier alpha value is -3.30. The van der Waals surface area contributed by atoms with Crippen molar-refractivity contribution in [2.45, 2.75) is 26.4 Å². The molecule has 1 fully saturated rings. The Morgan fingerprint density at radius 1 is 1.06 bits per heavy atom. The van der Waals surface area contributed by atoms with E-state index in [-0.39, 0.29) is 23.4 Å². The first kappa shape index (κ1) is 22.9. The van der Waals surface area contributed by atoms with Crippen LogP contribution in [0.3, 0.4) is 0 Å². The van der Waals surface area contributed by atoms with Crippen molar-refractivity contribution in [1.82, 2.24) is 20.4 Å². The van der Waals surface area contributed by atoms with E-state index in [1.165, 1.54) is 24.2 Å². The number of aromatic nitrogens is 2. The SMILES string of the molecule is Cc1ccccc1OCc1nnc(C(=O)Nc2cccc(C(=O)NCCN3CCCC3)c2)s1. The molecule has 9 heteroatoms. The fourth-order valence-corrected chi connectivity index (χ4v) is 4.27. The Bertz CT molecular complexity index is 1110. The van der Waals surface area contributed by atoms with E-state index in [2.05, 4.69) is 25.7 Å². The minimum atomic E-state index is -0.374. The maximum absolute atomic E-state index is 12.6. The van der Waals surface area contributed by atoms with Crippen molar-refractivity contribution in [1.29, 1.82) is 0 Å². The second-order valence-electron chi connectivity index (χ2n) is 7.89. The summed E-state index contributed by atoms with van der Waals surface area (Å²) in [6, 6.07) is 14.6. The predicted octanol–water partition coefficient (Wildman–Crippen LogP) is 3.50. The topological polar surface area (TPSA) is 96.5 Å². The highest BCUT2D eigenvalue weighted by molar-refractivity contribution is 7.13. The number of amides is 2. The number of rotatable bonds is 9. The highest BCUT2D eigenvalue weighted by Gasteiger charge is 2.15. The summed E-state index contributed by atoms with van der Waals surface area (Å²) in [6.45, 7) is 5.87. The monoisotopic (exact) mass is 465 g/mol. The van der Waals surface area contributed by atoms with E-state index in [0.29, 0.717) is 22.8 Å². The first-order chi connectivity index (χ1) is 16.1. The molecule has 3 aromatic rings. The van der Waals surface area contributed by atoms with Gasteiger partial charge in [-0.25, -0.2) is 0 Å². The van der Waals surface area contributed by atoms with Gasteiger partial charge in [0.1, 0.15) is 12.4 Å². The molecular formula is C24H27N5O3S. The molecule has 1 aliphatic rings. The zero-order valence-electron chi connectivity index (χ0n) is 18.5. The van der Waals surface area contributed by atoms with Gasteiger partial charge in [-0.05, 0) is 62.7 Å². The van der Waals surface area contributed by atoms with Gasteiger partial charge in [0.05, 0.1) is 0 Å². The van der Waals surface area contributed by atoms with Crippen molar-refractivity contribution in [2.75, 3.05) is 31.5 Å². The van der Waals surface area contributed by atoms with Crippen molar-refractivity contribution in [3.8, 4) is 5.75 Å². The molecule has 0 spiro atoms. The Morgan fingerprint density at radius 2 is 1.88 bits per heavy atom. The zero-order valence-corrected chi connectivity index (χ0v) is 19.4. The summed E-state index contributed by atoms with van der Waals surface area (Å²) in [6.07, 6.45) is 2.46. The molecule has 33 heavy (non-hydrogen) atoms. The van der Waals surface area contributed by atoms with Crippen molar-refractivity contribution >= 4 is 28.8 Å². The molecule has 0 unspecified atom stereocenters. The quantitative estimate of drug-likeness (QED) is 0.502. The van der Waals surface area contributed by atoms with Crippen LogP contribution in [0.5, 0.6) is 5.75 Å². The first-order valence-corrected chi connectivity index (χ1v) is 11.8. The van der Waals surface area contributed by atoms with Crippen LogP contribution in [0, 0.1) is 6.92 Å². The molecule has 8 nitrogen and oxygen atoms in total. The van der Waals surface area contributed by atoms with E-state index in [4.69, 9.17) is 4.74 Å². The lowest BCUT2D eigenvalue weighted by atomic mass is 10.2. The summed E-state index contributed by atoms with van der Waals surface area (Å²) in [5.74, 6) is 0.243. The largest absolute Gasteiger partial charge is 0.486 e. The Morgan fingerprint density at radius 3 is 2.70 bits per heavy atom. The molecule has 0 saturated carbocycles. The molecule has 2 N–H and O–H groups in total. The molecule has 2 heterocycles. The maximum atomic E-state index is 12.6. The lowest BCUT2D eigenvalue weighted by Gasteiger charge is -2.14. The van der Waals surface area contributed by atoms with Gasteiger partial charge in [0.25, 0.3) is 11.8 Å². The summed E-state index contributed by atoms with van der Waals surface area (Å²) in [4.78, 5) is 27.4. The van der Waals surface area contributed by atoms with Crippen LogP contribution in [0.15, 0.2) is 48.5 Å². The van der Waals surface area contributed by atoms with E-state index in [0.717, 1.165) is 30.9 Å². The van der Waals surface area contributed by atoms with E-state index in [1.807, 2.05) is 31.2 Å². The minimum Gasteiger partial charge on any atom is -0.486 e. The van der Waals surface area contributed by atoms with Crippen molar-refractivity contribution in [3.63, 3.8) is 0 Å². The normalized spacial score (nSPS) is 13.6. The van der Waals surface area contributed by atoms with Crippen LogP contribution in [-0.2, 0) is 6.61 Å². The molecule has 1 saturated heterocycles. The van der Waals surface area contributed by atoms with Gasteiger partial charge in [0, 0.05) is 24.3 Å². The summed E-state index contributed by atoms with van der Waals surface area (Å²) >= 11 is 1.18. The first-order valence-electron chi connectivity index (χ1n) is 11.0. The number of carbonyl (C=O) groups is 2. The van der Waals surface area contributed by atoms with E-state index >= 15 is 0 Å². The summed E-state index contributed by atoms with van der Waals surface area (Å²) in [5.41, 5.74) is 2.05. The molecule has 0 atom stereocenters.